The molecule has 0 spiro atoms. The van der Waals surface area contributed by atoms with E-state index in [0.717, 1.165) is 32.0 Å². The largest absolute Gasteiger partial charge is 0.303 e. The highest BCUT2D eigenvalue weighted by atomic mass is 16.1. The number of carbonyl (C=O) groups is 1. The summed E-state index contributed by atoms with van der Waals surface area (Å²) in [5, 5.41) is 0. The van der Waals surface area contributed by atoms with Crippen molar-refractivity contribution in [1.82, 2.24) is 0 Å². The lowest BCUT2D eigenvalue weighted by Gasteiger charge is -1.96. The van der Waals surface area contributed by atoms with Gasteiger partial charge in [0.2, 0.25) is 0 Å². The minimum absolute atomic E-state index is 0.732. The molecule has 0 aliphatic carbocycles. The van der Waals surface area contributed by atoms with E-state index in [4.69, 9.17) is 0 Å². The molecule has 0 fully saturated rings. The summed E-state index contributed by atoms with van der Waals surface area (Å²) in [6.07, 6.45) is 11.0. The van der Waals surface area contributed by atoms with Crippen LogP contribution in [-0.4, -0.2) is 6.29 Å². The van der Waals surface area contributed by atoms with E-state index in [1.165, 1.54) is 32.1 Å². The molecule has 0 radical (unpaired) electrons. The summed E-state index contributed by atoms with van der Waals surface area (Å²) in [5.41, 5.74) is 0. The van der Waals surface area contributed by atoms with Crippen molar-refractivity contribution in [3.8, 4) is 11.8 Å². The first-order valence-corrected chi connectivity index (χ1v) is 5.81. The minimum atomic E-state index is 0.732. The fourth-order valence-electron chi connectivity index (χ4n) is 1.27. The Bertz CT molecular complexity index is 173. The Kier molecular flexibility index (Phi) is 11.6. The third kappa shape index (κ3) is 11.2. The molecule has 0 aliphatic rings. The second-order valence-electron chi connectivity index (χ2n) is 3.58. The number of hydrogen-bond acceptors (Lipinski definition) is 1. The van der Waals surface area contributed by atoms with Crippen LogP contribution in [-0.2, 0) is 4.79 Å². The summed E-state index contributed by atoms with van der Waals surface area (Å²) < 4.78 is 0. The zero-order chi connectivity index (χ0) is 10.5. The van der Waals surface area contributed by atoms with E-state index >= 15 is 0 Å². The van der Waals surface area contributed by atoms with Crippen LogP contribution in [0.15, 0.2) is 0 Å². The van der Waals surface area contributed by atoms with E-state index < -0.39 is 0 Å². The molecule has 1 nitrogen and oxygen atoms in total. The predicted molar refractivity (Wildman–Crippen MR) is 61.1 cm³/mol. The maximum atomic E-state index is 10.0. The Morgan fingerprint density at radius 1 is 0.929 bits per heavy atom. The molecule has 0 aliphatic heterocycles. The summed E-state index contributed by atoms with van der Waals surface area (Å²) in [4.78, 5) is 10.0. The van der Waals surface area contributed by atoms with Crippen LogP contribution in [0.3, 0.4) is 0 Å². The van der Waals surface area contributed by atoms with Crippen LogP contribution >= 0.6 is 0 Å². The van der Waals surface area contributed by atoms with Gasteiger partial charge in [-0.2, -0.15) is 0 Å². The Labute approximate surface area is 88.3 Å². The van der Waals surface area contributed by atoms with Crippen molar-refractivity contribution in [1.29, 1.82) is 0 Å². The molecule has 0 aromatic rings. The van der Waals surface area contributed by atoms with Gasteiger partial charge in [0.1, 0.15) is 6.29 Å². The van der Waals surface area contributed by atoms with Gasteiger partial charge >= 0.3 is 0 Å². The molecule has 0 unspecified atom stereocenters. The lowest BCUT2D eigenvalue weighted by atomic mass is 10.1. The zero-order valence-electron chi connectivity index (χ0n) is 9.35. The first-order chi connectivity index (χ1) is 6.91. The molecule has 0 aromatic carbocycles. The van der Waals surface area contributed by atoms with Crippen LogP contribution in [0.1, 0.15) is 64.7 Å². The maximum Gasteiger partial charge on any atom is 0.119 e. The van der Waals surface area contributed by atoms with Crippen LogP contribution in [0.2, 0.25) is 0 Å². The van der Waals surface area contributed by atoms with Crippen molar-refractivity contribution in [3.63, 3.8) is 0 Å². The lowest BCUT2D eigenvalue weighted by Crippen LogP contribution is -1.80. The normalized spacial score (nSPS) is 9.21. The monoisotopic (exact) mass is 194 g/mol. The second-order valence-corrected chi connectivity index (χ2v) is 3.58. The van der Waals surface area contributed by atoms with Crippen LogP contribution in [0.25, 0.3) is 0 Å². The first kappa shape index (κ1) is 13.2. The van der Waals surface area contributed by atoms with Gasteiger partial charge in [-0.1, -0.05) is 26.2 Å². The summed E-state index contributed by atoms with van der Waals surface area (Å²) in [7, 11) is 0. The maximum absolute atomic E-state index is 10.0. The Morgan fingerprint density at radius 2 is 1.57 bits per heavy atom. The summed E-state index contributed by atoms with van der Waals surface area (Å²) >= 11 is 0. The van der Waals surface area contributed by atoms with Crippen molar-refractivity contribution in [2.24, 2.45) is 0 Å². The molecular weight excluding hydrogens is 172 g/mol. The lowest BCUT2D eigenvalue weighted by molar-refractivity contribution is -0.107. The van der Waals surface area contributed by atoms with Crippen LogP contribution < -0.4 is 0 Å². The van der Waals surface area contributed by atoms with Gasteiger partial charge in [-0.15, -0.1) is 11.8 Å². The number of rotatable bonds is 8. The van der Waals surface area contributed by atoms with E-state index in [1.807, 2.05) is 0 Å². The van der Waals surface area contributed by atoms with Crippen LogP contribution in [0.5, 0.6) is 0 Å². The van der Waals surface area contributed by atoms with Gasteiger partial charge in [-0.25, -0.2) is 0 Å². The third-order valence-electron chi connectivity index (χ3n) is 2.12. The number of unbranched alkanes of at least 4 members (excludes halogenated alkanes) is 7. The predicted octanol–water partition coefficient (Wildman–Crippen LogP) is 3.72. The van der Waals surface area contributed by atoms with Gasteiger partial charge in [0.05, 0.1) is 0 Å². The molecule has 14 heavy (non-hydrogen) atoms. The zero-order valence-corrected chi connectivity index (χ0v) is 9.35. The van der Waals surface area contributed by atoms with Crippen molar-refractivity contribution in [3.05, 3.63) is 0 Å². The second kappa shape index (κ2) is 12.2. The molecule has 0 rings (SSSR count). The van der Waals surface area contributed by atoms with E-state index in [1.54, 1.807) is 0 Å². The van der Waals surface area contributed by atoms with E-state index in [-0.39, 0.29) is 0 Å². The Balaban J connectivity index is 2.99. The molecule has 0 saturated heterocycles. The smallest absolute Gasteiger partial charge is 0.119 e. The Hall–Kier alpha value is -0.770. The molecule has 0 N–H and O–H groups in total. The fourth-order valence-corrected chi connectivity index (χ4v) is 1.27. The van der Waals surface area contributed by atoms with E-state index in [2.05, 4.69) is 18.8 Å². The molecule has 0 atom stereocenters. The van der Waals surface area contributed by atoms with Gasteiger partial charge in [0.15, 0.2) is 0 Å². The molecule has 0 saturated carbocycles. The third-order valence-corrected chi connectivity index (χ3v) is 2.12. The average molecular weight is 194 g/mol. The molecule has 0 heterocycles. The highest BCUT2D eigenvalue weighted by molar-refractivity contribution is 5.48. The van der Waals surface area contributed by atoms with Crippen LogP contribution in [0, 0.1) is 11.8 Å². The van der Waals surface area contributed by atoms with Gasteiger partial charge in [0.25, 0.3) is 0 Å². The van der Waals surface area contributed by atoms with Crippen molar-refractivity contribution in [2.45, 2.75) is 64.7 Å². The summed E-state index contributed by atoms with van der Waals surface area (Å²) in [6.45, 7) is 2.15. The number of aldehydes is 1. The summed E-state index contributed by atoms with van der Waals surface area (Å²) in [6, 6.07) is 0. The Morgan fingerprint density at radius 3 is 2.29 bits per heavy atom. The molecule has 80 valence electrons. The van der Waals surface area contributed by atoms with Crippen LogP contribution in [0.4, 0.5) is 0 Å². The minimum Gasteiger partial charge on any atom is -0.303 e. The quantitative estimate of drug-likeness (QED) is 0.327. The van der Waals surface area contributed by atoms with Gasteiger partial charge in [0, 0.05) is 19.3 Å². The molecule has 1 heteroatoms. The first-order valence-electron chi connectivity index (χ1n) is 5.81. The van der Waals surface area contributed by atoms with E-state index in [9.17, 15) is 4.79 Å². The molecular formula is C13H22O. The number of carbonyl (C=O) groups excluding carboxylic acids is 1. The van der Waals surface area contributed by atoms with E-state index in [0.29, 0.717) is 0 Å². The topological polar surface area (TPSA) is 17.1 Å². The van der Waals surface area contributed by atoms with Gasteiger partial charge in [-0.05, 0) is 19.3 Å². The fraction of sp³-hybridized carbons (Fsp3) is 0.769. The van der Waals surface area contributed by atoms with Crippen molar-refractivity contribution < 1.29 is 4.79 Å². The molecule has 0 bridgehead atoms. The SMILES string of the molecule is CCCC#CCCCCCCCC=O. The van der Waals surface area contributed by atoms with Crippen molar-refractivity contribution in [2.75, 3.05) is 0 Å². The molecule has 0 aromatic heterocycles. The van der Waals surface area contributed by atoms with Gasteiger partial charge in [-0.3, -0.25) is 0 Å². The van der Waals surface area contributed by atoms with Crippen molar-refractivity contribution >= 4 is 6.29 Å². The standard InChI is InChI=1S/C13H22O/c1-2-3-4-5-6-7-8-9-10-11-12-13-14/h13H,2-3,6-12H2,1H3. The molecule has 0 amide bonds. The highest BCUT2D eigenvalue weighted by Crippen LogP contribution is 2.05. The average Bonchev–Trinajstić information content (AvgIpc) is 2.21. The highest BCUT2D eigenvalue weighted by Gasteiger charge is 1.88. The van der Waals surface area contributed by atoms with Gasteiger partial charge < -0.3 is 4.79 Å². The summed E-state index contributed by atoms with van der Waals surface area (Å²) in [5.74, 6) is 6.33. The number of hydrogen-bond donors (Lipinski definition) is 0.